The number of aliphatic hydroxyl groups excluding tert-OH is 2. The summed E-state index contributed by atoms with van der Waals surface area (Å²) >= 11 is 0. The quantitative estimate of drug-likeness (QED) is 0.0417. The van der Waals surface area contributed by atoms with Gasteiger partial charge in [-0.15, -0.1) is 0 Å². The van der Waals surface area contributed by atoms with Crippen molar-refractivity contribution < 1.29 is 24.5 Å². The van der Waals surface area contributed by atoms with Crippen LogP contribution in [0.25, 0.3) is 0 Å². The second kappa shape index (κ2) is 77.3. The molecule has 0 aliphatic carbocycles. The number of hydrogen-bond acceptors (Lipinski definition) is 5. The monoisotopic (exact) mass is 1230 g/mol. The molecule has 520 valence electrons. The van der Waals surface area contributed by atoms with Gasteiger partial charge in [-0.05, 0) is 25.7 Å². The maximum absolute atomic E-state index is 12.6. The topological polar surface area (TPSA) is 95.9 Å². The van der Waals surface area contributed by atoms with Crippen LogP contribution in [0.2, 0.25) is 0 Å². The lowest BCUT2D eigenvalue weighted by Gasteiger charge is -2.22. The van der Waals surface area contributed by atoms with Gasteiger partial charge in [-0.3, -0.25) is 9.59 Å². The number of aliphatic hydroxyl groups is 2. The van der Waals surface area contributed by atoms with Crippen LogP contribution >= 0.6 is 0 Å². The van der Waals surface area contributed by atoms with Crippen LogP contribution in [0.5, 0.6) is 0 Å². The summed E-state index contributed by atoms with van der Waals surface area (Å²) < 4.78 is 5.52. The molecule has 0 saturated heterocycles. The SMILES string of the molecule is CCCCCCCCCCCCCCCCCCCCCCCCCCCC(O)C(CO)NC(=O)CCCCCCCCCCCCCCCCCCCCCCCCCCCCCOC(=O)CCCCCCCCCCCCCCCCCCCC. The fourth-order valence-electron chi connectivity index (χ4n) is 13.5. The van der Waals surface area contributed by atoms with E-state index in [2.05, 4.69) is 19.2 Å². The molecule has 0 aliphatic heterocycles. The number of carbonyl (C=O) groups excluding carboxylic acids is 2. The van der Waals surface area contributed by atoms with Crippen LogP contribution in [0.15, 0.2) is 0 Å². The first-order chi connectivity index (χ1) is 43.0. The summed E-state index contributed by atoms with van der Waals surface area (Å²) in [5.41, 5.74) is 0. The Morgan fingerprint density at radius 2 is 0.471 bits per heavy atom. The fraction of sp³-hybridized carbons (Fsp3) is 0.975. The second-order valence-electron chi connectivity index (χ2n) is 28.5. The average Bonchev–Trinajstić information content (AvgIpc) is 3.54. The van der Waals surface area contributed by atoms with Crippen LogP contribution in [0.4, 0.5) is 0 Å². The molecular formula is C81H161NO5. The number of hydrogen-bond donors (Lipinski definition) is 3. The first kappa shape index (κ1) is 85.9. The average molecular weight is 1230 g/mol. The standard InChI is InChI=1S/C81H161NO5/c1-3-5-7-9-11-13-15-17-19-21-23-24-25-29-32-35-38-41-45-49-53-57-61-65-69-73-79(84)78(77-83)82-80(85)74-70-66-62-58-54-50-46-42-39-36-33-30-27-26-28-31-34-37-40-44-48-52-56-60-64-68-72-76-87-81(86)75-71-67-63-59-55-51-47-43-22-20-18-16-14-12-10-8-6-4-2/h78-79,83-84H,3-77H2,1-2H3,(H,82,85). The number of ether oxygens (including phenoxy) is 1. The summed E-state index contributed by atoms with van der Waals surface area (Å²) in [6.45, 7) is 5.03. The van der Waals surface area contributed by atoms with E-state index in [1.165, 1.54) is 411 Å². The van der Waals surface area contributed by atoms with Crippen LogP contribution in [0.1, 0.15) is 483 Å². The van der Waals surface area contributed by atoms with Crippen molar-refractivity contribution in [1.29, 1.82) is 0 Å². The molecule has 0 radical (unpaired) electrons. The Bertz CT molecular complexity index is 1280. The molecule has 1 amide bonds. The Morgan fingerprint density at radius 1 is 0.276 bits per heavy atom. The van der Waals surface area contributed by atoms with Crippen molar-refractivity contribution in [2.24, 2.45) is 0 Å². The number of rotatable bonds is 78. The van der Waals surface area contributed by atoms with Crippen LogP contribution < -0.4 is 5.32 Å². The van der Waals surface area contributed by atoms with Gasteiger partial charge in [0.25, 0.3) is 0 Å². The van der Waals surface area contributed by atoms with Crippen LogP contribution in [0, 0.1) is 0 Å². The molecule has 0 fully saturated rings. The zero-order valence-electron chi connectivity index (χ0n) is 59.8. The van der Waals surface area contributed by atoms with Gasteiger partial charge in [-0.25, -0.2) is 0 Å². The first-order valence-corrected chi connectivity index (χ1v) is 40.8. The third-order valence-electron chi connectivity index (χ3n) is 19.7. The number of amides is 1. The minimum absolute atomic E-state index is 0.0244. The fourth-order valence-corrected chi connectivity index (χ4v) is 13.5. The highest BCUT2D eigenvalue weighted by Gasteiger charge is 2.20. The third kappa shape index (κ3) is 73.8. The molecule has 0 aliphatic rings. The summed E-state index contributed by atoms with van der Waals surface area (Å²) in [5, 5.41) is 23.5. The van der Waals surface area contributed by atoms with Crippen LogP contribution in [0.3, 0.4) is 0 Å². The summed E-state index contributed by atoms with van der Waals surface area (Å²) in [5.74, 6) is -0.000934. The molecule has 87 heavy (non-hydrogen) atoms. The van der Waals surface area contributed by atoms with Gasteiger partial charge in [-0.1, -0.05) is 444 Å². The van der Waals surface area contributed by atoms with Crippen molar-refractivity contribution >= 4 is 11.9 Å². The predicted octanol–water partition coefficient (Wildman–Crippen LogP) is 26.9. The van der Waals surface area contributed by atoms with Crippen LogP contribution in [-0.2, 0) is 14.3 Å². The molecule has 0 rings (SSSR count). The number of unbranched alkanes of at least 4 members (excludes halogenated alkanes) is 67. The van der Waals surface area contributed by atoms with Crippen LogP contribution in [-0.4, -0.2) is 47.4 Å². The van der Waals surface area contributed by atoms with E-state index < -0.39 is 12.1 Å². The minimum Gasteiger partial charge on any atom is -0.466 e. The zero-order chi connectivity index (χ0) is 62.8. The lowest BCUT2D eigenvalue weighted by molar-refractivity contribution is -0.143. The maximum Gasteiger partial charge on any atom is 0.305 e. The van der Waals surface area contributed by atoms with Gasteiger partial charge < -0.3 is 20.3 Å². The van der Waals surface area contributed by atoms with E-state index in [-0.39, 0.29) is 18.5 Å². The van der Waals surface area contributed by atoms with E-state index in [9.17, 15) is 19.8 Å². The molecule has 0 aromatic carbocycles. The summed E-state index contributed by atoms with van der Waals surface area (Å²) in [7, 11) is 0. The molecule has 6 heteroatoms. The highest BCUT2D eigenvalue weighted by Crippen LogP contribution is 2.21. The predicted molar refractivity (Wildman–Crippen MR) is 384 cm³/mol. The second-order valence-corrected chi connectivity index (χ2v) is 28.5. The van der Waals surface area contributed by atoms with E-state index in [0.717, 1.165) is 38.5 Å². The van der Waals surface area contributed by atoms with Gasteiger partial charge >= 0.3 is 5.97 Å². The van der Waals surface area contributed by atoms with Crippen molar-refractivity contribution in [1.82, 2.24) is 5.32 Å². The first-order valence-electron chi connectivity index (χ1n) is 40.8. The molecule has 0 aromatic rings. The highest BCUT2D eigenvalue weighted by molar-refractivity contribution is 5.76. The molecule has 2 unspecified atom stereocenters. The van der Waals surface area contributed by atoms with Gasteiger partial charge in [-0.2, -0.15) is 0 Å². The Kier molecular flexibility index (Phi) is 76.3. The number of nitrogens with one attached hydrogen (secondary N) is 1. The van der Waals surface area contributed by atoms with Gasteiger partial charge in [0.2, 0.25) is 5.91 Å². The normalized spacial score (nSPS) is 12.4. The summed E-state index contributed by atoms with van der Waals surface area (Å²) in [6, 6.07) is -0.540. The van der Waals surface area contributed by atoms with E-state index in [0.29, 0.717) is 25.9 Å². The lowest BCUT2D eigenvalue weighted by Crippen LogP contribution is -2.45. The number of carbonyl (C=O) groups is 2. The van der Waals surface area contributed by atoms with Crippen molar-refractivity contribution in [2.75, 3.05) is 13.2 Å². The maximum atomic E-state index is 12.6. The third-order valence-corrected chi connectivity index (χ3v) is 19.7. The Hall–Kier alpha value is -1.14. The molecule has 0 heterocycles. The largest absolute Gasteiger partial charge is 0.466 e. The zero-order valence-corrected chi connectivity index (χ0v) is 59.8. The molecule has 0 spiro atoms. The summed E-state index contributed by atoms with van der Waals surface area (Å²) in [6.07, 6.45) is 96.3. The van der Waals surface area contributed by atoms with Crippen molar-refractivity contribution in [3.63, 3.8) is 0 Å². The molecule has 2 atom stereocenters. The van der Waals surface area contributed by atoms with Crippen molar-refractivity contribution in [3.8, 4) is 0 Å². The molecule has 6 nitrogen and oxygen atoms in total. The van der Waals surface area contributed by atoms with Gasteiger partial charge in [0.05, 0.1) is 25.4 Å². The molecular weight excluding hydrogens is 1070 g/mol. The molecule has 0 bridgehead atoms. The molecule has 0 aromatic heterocycles. The van der Waals surface area contributed by atoms with Crippen molar-refractivity contribution in [2.45, 2.75) is 495 Å². The Balaban J connectivity index is 3.33. The van der Waals surface area contributed by atoms with Gasteiger partial charge in [0.1, 0.15) is 0 Å². The molecule has 0 saturated carbocycles. The smallest absolute Gasteiger partial charge is 0.305 e. The van der Waals surface area contributed by atoms with Gasteiger partial charge in [0.15, 0.2) is 0 Å². The van der Waals surface area contributed by atoms with E-state index in [1.54, 1.807) is 0 Å². The van der Waals surface area contributed by atoms with Crippen molar-refractivity contribution in [3.05, 3.63) is 0 Å². The minimum atomic E-state index is -0.663. The van der Waals surface area contributed by atoms with E-state index in [1.807, 2.05) is 0 Å². The summed E-state index contributed by atoms with van der Waals surface area (Å²) in [4.78, 5) is 24.7. The molecule has 3 N–H and O–H groups in total. The Labute approximate surface area is 547 Å². The lowest BCUT2D eigenvalue weighted by atomic mass is 10.0. The van der Waals surface area contributed by atoms with Gasteiger partial charge in [0, 0.05) is 12.8 Å². The Morgan fingerprint density at radius 3 is 0.701 bits per heavy atom. The number of esters is 1. The highest BCUT2D eigenvalue weighted by atomic mass is 16.5. The van der Waals surface area contributed by atoms with E-state index >= 15 is 0 Å². The van der Waals surface area contributed by atoms with E-state index in [4.69, 9.17) is 4.74 Å².